The van der Waals surface area contributed by atoms with Gasteiger partial charge >= 0.3 is 0 Å². The van der Waals surface area contributed by atoms with E-state index < -0.39 is 11.0 Å². The van der Waals surface area contributed by atoms with Gasteiger partial charge in [0.25, 0.3) is 0 Å². The van der Waals surface area contributed by atoms with E-state index in [4.69, 9.17) is 0 Å². The maximum atomic E-state index is 13.1. The van der Waals surface area contributed by atoms with Crippen LogP contribution in [0.4, 0.5) is 4.39 Å². The van der Waals surface area contributed by atoms with Gasteiger partial charge in [0.1, 0.15) is 5.82 Å². The van der Waals surface area contributed by atoms with Gasteiger partial charge in [0, 0.05) is 6.04 Å². The summed E-state index contributed by atoms with van der Waals surface area (Å²) >= 11 is 3.52. The van der Waals surface area contributed by atoms with E-state index in [0.29, 0.717) is 0 Å². The third-order valence-corrected chi connectivity index (χ3v) is 5.96. The van der Waals surface area contributed by atoms with Crippen molar-refractivity contribution in [2.45, 2.75) is 51.3 Å². The van der Waals surface area contributed by atoms with Crippen molar-refractivity contribution in [1.29, 1.82) is 0 Å². The monoisotopic (exact) mass is 415 g/mol. The largest absolute Gasteiger partial charge is 0.242 e. The molecule has 0 unspecified atom stereocenters. The Morgan fingerprint density at radius 3 is 2.54 bits per heavy atom. The van der Waals surface area contributed by atoms with Crippen molar-refractivity contribution in [3.05, 3.63) is 46.4 Å². The van der Waals surface area contributed by atoms with Gasteiger partial charge in [0.05, 0.1) is 37.8 Å². The van der Waals surface area contributed by atoms with Crippen molar-refractivity contribution in [2.75, 3.05) is 0 Å². The Kier molecular flexibility index (Phi) is 6.33. The van der Waals surface area contributed by atoms with Crippen LogP contribution >= 0.6 is 15.9 Å². The molecule has 1 aromatic carbocycles. The molecule has 0 saturated heterocycles. The van der Waals surface area contributed by atoms with E-state index in [1.807, 2.05) is 27.7 Å². The second-order valence-corrected chi connectivity index (χ2v) is 9.62. The third kappa shape index (κ3) is 4.97. The van der Waals surface area contributed by atoms with Crippen molar-refractivity contribution >= 4 is 26.9 Å². The van der Waals surface area contributed by atoms with E-state index in [-0.39, 0.29) is 16.6 Å². The maximum absolute atomic E-state index is 13.1. The normalized spacial score (nSPS) is 14.6. The summed E-state index contributed by atoms with van der Waals surface area (Å²) in [6, 6.07) is 6.36. The predicted octanol–water partition coefficient (Wildman–Crippen LogP) is 4.15. The van der Waals surface area contributed by atoms with Crippen LogP contribution in [0.25, 0.3) is 5.69 Å². The SMILES string of the molecule is C[C@@H](CCc1c(Br)cnn1-c1ccc(F)cc1)N[S@](=O)C(C)(C)C. The van der Waals surface area contributed by atoms with Gasteiger partial charge in [-0.2, -0.15) is 5.10 Å². The summed E-state index contributed by atoms with van der Waals surface area (Å²) in [5.41, 5.74) is 1.83. The molecule has 0 spiro atoms. The Labute approximate surface area is 153 Å². The molecular weight excluding hydrogens is 393 g/mol. The summed E-state index contributed by atoms with van der Waals surface area (Å²) in [4.78, 5) is 0. The highest BCUT2D eigenvalue weighted by molar-refractivity contribution is 9.10. The van der Waals surface area contributed by atoms with Crippen LogP contribution in [-0.4, -0.2) is 24.8 Å². The fourth-order valence-corrected chi connectivity index (χ4v) is 3.45. The van der Waals surface area contributed by atoms with Crippen LogP contribution in [0.5, 0.6) is 0 Å². The molecule has 2 rings (SSSR count). The molecule has 0 fully saturated rings. The van der Waals surface area contributed by atoms with Gasteiger partial charge < -0.3 is 0 Å². The standard InChI is InChI=1S/C17H23BrFN3OS/c1-12(21-24(23)17(2,3)4)5-10-16-15(18)11-20-22(16)14-8-6-13(19)7-9-14/h6-9,11-12,21H,5,10H2,1-4H3/t12-,24+/m0/s1. The van der Waals surface area contributed by atoms with Crippen molar-refractivity contribution in [3.8, 4) is 5.69 Å². The number of nitrogens with zero attached hydrogens (tertiary/aromatic N) is 2. The third-order valence-electron chi connectivity index (χ3n) is 3.57. The Bertz CT molecular complexity index is 710. The number of benzene rings is 1. The number of halogens is 2. The van der Waals surface area contributed by atoms with Crippen LogP contribution in [0.15, 0.2) is 34.9 Å². The van der Waals surface area contributed by atoms with Gasteiger partial charge in [-0.25, -0.2) is 18.0 Å². The van der Waals surface area contributed by atoms with Crippen LogP contribution in [0.1, 0.15) is 39.8 Å². The molecule has 0 saturated carbocycles. The van der Waals surface area contributed by atoms with E-state index in [0.717, 1.165) is 28.7 Å². The minimum atomic E-state index is -1.09. The van der Waals surface area contributed by atoms with Crippen molar-refractivity contribution in [3.63, 3.8) is 0 Å². The first-order chi connectivity index (χ1) is 11.2. The maximum Gasteiger partial charge on any atom is 0.123 e. The Morgan fingerprint density at radius 2 is 1.96 bits per heavy atom. The molecule has 0 amide bonds. The second-order valence-electron chi connectivity index (χ2n) is 6.77. The number of hydrogen-bond acceptors (Lipinski definition) is 2. The lowest BCUT2D eigenvalue weighted by Gasteiger charge is -2.22. The highest BCUT2D eigenvalue weighted by Crippen LogP contribution is 2.22. The zero-order valence-corrected chi connectivity index (χ0v) is 16.7. The summed E-state index contributed by atoms with van der Waals surface area (Å²) in [5.74, 6) is -0.269. The van der Waals surface area contributed by atoms with Gasteiger partial charge in [0.15, 0.2) is 0 Å². The average molecular weight is 416 g/mol. The fourth-order valence-electron chi connectivity index (χ4n) is 2.16. The molecule has 1 aromatic heterocycles. The van der Waals surface area contributed by atoms with Crippen molar-refractivity contribution in [1.82, 2.24) is 14.5 Å². The van der Waals surface area contributed by atoms with E-state index in [9.17, 15) is 8.60 Å². The summed E-state index contributed by atoms with van der Waals surface area (Å²) in [7, 11) is -1.09. The Hall–Kier alpha value is -1.05. The molecule has 132 valence electrons. The summed E-state index contributed by atoms with van der Waals surface area (Å²) in [6.45, 7) is 7.87. The average Bonchev–Trinajstić information content (AvgIpc) is 2.86. The van der Waals surface area contributed by atoms with Crippen LogP contribution < -0.4 is 4.72 Å². The van der Waals surface area contributed by atoms with E-state index in [1.54, 1.807) is 23.0 Å². The summed E-state index contributed by atoms with van der Waals surface area (Å²) in [6.07, 6.45) is 3.31. The highest BCUT2D eigenvalue weighted by Gasteiger charge is 2.21. The second kappa shape index (κ2) is 7.89. The minimum absolute atomic E-state index is 0.105. The molecule has 0 aliphatic carbocycles. The highest BCUT2D eigenvalue weighted by atomic mass is 79.9. The van der Waals surface area contributed by atoms with Crippen molar-refractivity contribution in [2.24, 2.45) is 0 Å². The van der Waals surface area contributed by atoms with Gasteiger partial charge in [-0.1, -0.05) is 0 Å². The number of hydrogen-bond donors (Lipinski definition) is 1. The quantitative estimate of drug-likeness (QED) is 0.769. The first-order valence-electron chi connectivity index (χ1n) is 7.85. The molecule has 0 aliphatic rings. The lowest BCUT2D eigenvalue weighted by atomic mass is 10.1. The van der Waals surface area contributed by atoms with Gasteiger partial charge in [-0.15, -0.1) is 0 Å². The molecule has 4 nitrogen and oxygen atoms in total. The molecule has 0 aliphatic heterocycles. The van der Waals surface area contributed by atoms with Gasteiger partial charge in [0.2, 0.25) is 0 Å². The molecule has 1 N–H and O–H groups in total. The fraction of sp³-hybridized carbons (Fsp3) is 0.471. The van der Waals surface area contributed by atoms with Crippen LogP contribution in [0, 0.1) is 5.82 Å². The number of nitrogens with one attached hydrogen (secondary N) is 1. The van der Waals surface area contributed by atoms with Crippen molar-refractivity contribution < 1.29 is 8.60 Å². The molecular formula is C17H23BrFN3OS. The molecule has 1 heterocycles. The summed E-state index contributed by atoms with van der Waals surface area (Å²) < 4.78 is 30.8. The molecule has 0 radical (unpaired) electrons. The molecule has 7 heteroatoms. The smallest absolute Gasteiger partial charge is 0.123 e. The number of rotatable bonds is 6. The lowest BCUT2D eigenvalue weighted by molar-refractivity contribution is 0.573. The minimum Gasteiger partial charge on any atom is -0.242 e. The predicted molar refractivity (Wildman–Crippen MR) is 100 cm³/mol. The summed E-state index contributed by atoms with van der Waals surface area (Å²) in [5, 5.41) is 4.36. The Morgan fingerprint density at radius 1 is 1.33 bits per heavy atom. The first kappa shape index (κ1) is 19.3. The zero-order valence-electron chi connectivity index (χ0n) is 14.3. The van der Waals surface area contributed by atoms with Crippen LogP contribution in [0.2, 0.25) is 0 Å². The van der Waals surface area contributed by atoms with Crippen LogP contribution in [0.3, 0.4) is 0 Å². The first-order valence-corrected chi connectivity index (χ1v) is 9.79. The number of aromatic nitrogens is 2. The zero-order chi connectivity index (χ0) is 17.9. The molecule has 2 aromatic rings. The molecule has 2 atom stereocenters. The van der Waals surface area contributed by atoms with Crippen LogP contribution in [-0.2, 0) is 17.4 Å². The van der Waals surface area contributed by atoms with Gasteiger partial charge in [-0.05, 0) is 80.7 Å². The van der Waals surface area contributed by atoms with E-state index in [2.05, 4.69) is 25.8 Å². The van der Waals surface area contributed by atoms with E-state index >= 15 is 0 Å². The topological polar surface area (TPSA) is 46.9 Å². The molecule has 24 heavy (non-hydrogen) atoms. The molecule has 0 bridgehead atoms. The van der Waals surface area contributed by atoms with E-state index in [1.165, 1.54) is 12.1 Å². The van der Waals surface area contributed by atoms with Gasteiger partial charge in [-0.3, -0.25) is 0 Å². The lowest BCUT2D eigenvalue weighted by Crippen LogP contribution is -2.38. The Balaban J connectivity index is 2.07.